The summed E-state index contributed by atoms with van der Waals surface area (Å²) in [4.78, 5) is 23.1. The van der Waals surface area contributed by atoms with Crippen LogP contribution < -0.4 is 0 Å². The van der Waals surface area contributed by atoms with Crippen LogP contribution in [-0.4, -0.2) is 47.1 Å². The molecule has 3 aromatic rings. The molecule has 4 rings (SSSR count). The molecular weight excluding hydrogens is 294 g/mol. The highest BCUT2D eigenvalue weighted by molar-refractivity contribution is 5.78. The summed E-state index contributed by atoms with van der Waals surface area (Å²) in [6, 6.07) is 3.78. The Bertz CT molecular complexity index is 777. The summed E-state index contributed by atoms with van der Waals surface area (Å²) < 4.78 is 1.59. The zero-order valence-corrected chi connectivity index (χ0v) is 12.6. The molecule has 0 radical (unpaired) electrons. The van der Waals surface area contributed by atoms with Gasteiger partial charge in [0.15, 0.2) is 5.82 Å². The second-order valence-electron chi connectivity index (χ2n) is 5.68. The number of carbonyl (C=O) groups is 1. The summed E-state index contributed by atoms with van der Waals surface area (Å²) in [7, 11) is 0. The van der Waals surface area contributed by atoms with Gasteiger partial charge in [-0.3, -0.25) is 9.89 Å². The molecule has 1 N–H and O–H groups in total. The van der Waals surface area contributed by atoms with Gasteiger partial charge in [-0.05, 0) is 31.4 Å². The topological polar surface area (TPSA) is 92.1 Å². The highest BCUT2D eigenvalue weighted by Gasteiger charge is 2.29. The van der Waals surface area contributed by atoms with Crippen molar-refractivity contribution in [2.75, 3.05) is 6.54 Å². The predicted octanol–water partition coefficient (Wildman–Crippen LogP) is 1.14. The highest BCUT2D eigenvalue weighted by Crippen LogP contribution is 2.29. The smallest absolute Gasteiger partial charge is 0.252 e. The second-order valence-corrected chi connectivity index (χ2v) is 5.68. The maximum Gasteiger partial charge on any atom is 0.252 e. The van der Waals surface area contributed by atoms with E-state index in [0.29, 0.717) is 11.6 Å². The summed E-state index contributed by atoms with van der Waals surface area (Å²) in [6.45, 7) is 0.758. The Kier molecular flexibility index (Phi) is 3.49. The van der Waals surface area contributed by atoms with Gasteiger partial charge in [0, 0.05) is 25.1 Å². The molecule has 1 atom stereocenters. The van der Waals surface area contributed by atoms with Crippen LogP contribution in [0.5, 0.6) is 0 Å². The van der Waals surface area contributed by atoms with Crippen LogP contribution in [0.2, 0.25) is 0 Å². The van der Waals surface area contributed by atoms with E-state index in [1.165, 1.54) is 0 Å². The molecule has 0 spiro atoms. The van der Waals surface area contributed by atoms with Crippen LogP contribution >= 0.6 is 0 Å². The average molecular weight is 311 g/mol. The zero-order valence-electron chi connectivity index (χ0n) is 12.6. The first-order valence-corrected chi connectivity index (χ1v) is 7.76. The SMILES string of the molecule is O=C(Cc1nc2ncccn2n1)N1CCCCC1c1ccn[nH]1. The molecule has 4 heterocycles. The minimum absolute atomic E-state index is 0.0419. The van der Waals surface area contributed by atoms with Crippen LogP contribution in [0.3, 0.4) is 0 Å². The fraction of sp³-hybridized carbons (Fsp3) is 0.400. The number of amides is 1. The summed E-state index contributed by atoms with van der Waals surface area (Å²) in [5.74, 6) is 1.06. The third-order valence-corrected chi connectivity index (χ3v) is 4.17. The number of hydrogen-bond acceptors (Lipinski definition) is 5. The molecule has 0 aromatic carbocycles. The van der Waals surface area contributed by atoms with E-state index < -0.39 is 0 Å². The number of rotatable bonds is 3. The molecule has 8 nitrogen and oxygen atoms in total. The number of fused-ring (bicyclic) bond motifs is 1. The number of carbonyl (C=O) groups excluding carboxylic acids is 1. The third kappa shape index (κ3) is 2.67. The quantitative estimate of drug-likeness (QED) is 0.783. The molecular formula is C15H17N7O. The number of nitrogens with one attached hydrogen (secondary N) is 1. The van der Waals surface area contributed by atoms with Gasteiger partial charge in [-0.15, -0.1) is 5.10 Å². The van der Waals surface area contributed by atoms with Gasteiger partial charge in [-0.1, -0.05) is 0 Å². The van der Waals surface area contributed by atoms with Gasteiger partial charge in [0.2, 0.25) is 5.91 Å². The van der Waals surface area contributed by atoms with Crippen molar-refractivity contribution in [2.24, 2.45) is 0 Å². The fourth-order valence-electron chi connectivity index (χ4n) is 3.09. The summed E-state index contributed by atoms with van der Waals surface area (Å²) >= 11 is 0. The summed E-state index contributed by atoms with van der Waals surface area (Å²) in [5, 5.41) is 11.3. The monoisotopic (exact) mass is 311 g/mol. The maximum absolute atomic E-state index is 12.7. The van der Waals surface area contributed by atoms with Gasteiger partial charge < -0.3 is 4.90 Å². The molecule has 1 saturated heterocycles. The molecule has 1 fully saturated rings. The maximum atomic E-state index is 12.7. The number of likely N-dealkylation sites (tertiary alicyclic amines) is 1. The number of aromatic amines is 1. The van der Waals surface area contributed by atoms with E-state index in [0.717, 1.165) is 31.5 Å². The van der Waals surface area contributed by atoms with Gasteiger partial charge in [-0.25, -0.2) is 9.50 Å². The molecule has 1 aliphatic heterocycles. The van der Waals surface area contributed by atoms with E-state index in [2.05, 4.69) is 25.3 Å². The van der Waals surface area contributed by atoms with Crippen LogP contribution in [0.25, 0.3) is 5.78 Å². The molecule has 0 bridgehead atoms. The van der Waals surface area contributed by atoms with E-state index in [1.807, 2.05) is 11.0 Å². The predicted molar refractivity (Wildman–Crippen MR) is 81.4 cm³/mol. The molecule has 0 saturated carbocycles. The van der Waals surface area contributed by atoms with Crippen molar-refractivity contribution in [1.82, 2.24) is 34.7 Å². The Morgan fingerprint density at radius 3 is 3.13 bits per heavy atom. The Hall–Kier alpha value is -2.77. The molecule has 0 aliphatic carbocycles. The number of piperidine rings is 1. The average Bonchev–Trinajstić information content (AvgIpc) is 3.24. The van der Waals surface area contributed by atoms with Gasteiger partial charge >= 0.3 is 0 Å². The third-order valence-electron chi connectivity index (χ3n) is 4.17. The first-order chi connectivity index (χ1) is 11.3. The van der Waals surface area contributed by atoms with Gasteiger partial charge in [0.25, 0.3) is 5.78 Å². The number of H-pyrrole nitrogens is 1. The lowest BCUT2D eigenvalue weighted by Gasteiger charge is -2.35. The molecule has 1 unspecified atom stereocenters. The zero-order chi connectivity index (χ0) is 15.6. The summed E-state index contributed by atoms with van der Waals surface area (Å²) in [5.41, 5.74) is 0.989. The van der Waals surface area contributed by atoms with Crippen molar-refractivity contribution in [3.8, 4) is 0 Å². The van der Waals surface area contributed by atoms with Crippen molar-refractivity contribution < 1.29 is 4.79 Å². The Morgan fingerprint density at radius 2 is 2.30 bits per heavy atom. The fourth-order valence-corrected chi connectivity index (χ4v) is 3.09. The Labute approximate surface area is 132 Å². The lowest BCUT2D eigenvalue weighted by atomic mass is 9.99. The van der Waals surface area contributed by atoms with Crippen molar-refractivity contribution in [3.63, 3.8) is 0 Å². The largest absolute Gasteiger partial charge is 0.334 e. The van der Waals surface area contributed by atoms with Gasteiger partial charge in [0.1, 0.15) is 0 Å². The van der Waals surface area contributed by atoms with Crippen LogP contribution in [0.15, 0.2) is 30.7 Å². The molecule has 1 aliphatic rings. The van der Waals surface area contributed by atoms with E-state index in [4.69, 9.17) is 0 Å². The van der Waals surface area contributed by atoms with Crippen LogP contribution in [0.4, 0.5) is 0 Å². The van der Waals surface area contributed by atoms with E-state index in [9.17, 15) is 4.79 Å². The van der Waals surface area contributed by atoms with E-state index >= 15 is 0 Å². The first-order valence-electron chi connectivity index (χ1n) is 7.76. The number of aromatic nitrogens is 6. The molecule has 8 heteroatoms. The molecule has 118 valence electrons. The van der Waals surface area contributed by atoms with Crippen molar-refractivity contribution in [1.29, 1.82) is 0 Å². The first kappa shape index (κ1) is 13.9. The van der Waals surface area contributed by atoms with Gasteiger partial charge in [0.05, 0.1) is 18.2 Å². The van der Waals surface area contributed by atoms with Crippen molar-refractivity contribution in [2.45, 2.75) is 31.7 Å². The molecule has 1 amide bonds. The minimum atomic E-state index is 0.0419. The van der Waals surface area contributed by atoms with Crippen LogP contribution in [0, 0.1) is 0 Å². The molecule has 23 heavy (non-hydrogen) atoms. The van der Waals surface area contributed by atoms with Crippen LogP contribution in [0.1, 0.15) is 36.8 Å². The van der Waals surface area contributed by atoms with E-state index in [-0.39, 0.29) is 18.4 Å². The van der Waals surface area contributed by atoms with Crippen LogP contribution in [-0.2, 0) is 11.2 Å². The Balaban J connectivity index is 1.54. The summed E-state index contributed by atoms with van der Waals surface area (Å²) in [6.07, 6.45) is 8.44. The van der Waals surface area contributed by atoms with Crippen molar-refractivity contribution >= 4 is 11.7 Å². The van der Waals surface area contributed by atoms with E-state index in [1.54, 1.807) is 29.2 Å². The normalized spacial score (nSPS) is 18.4. The molecule has 3 aromatic heterocycles. The standard InChI is InChI=1S/C15H17N7O/c23-14(10-13-18-15-16-6-3-9-22(15)20-13)21-8-2-1-4-12(21)11-5-7-17-19-11/h3,5-7,9,12H,1-2,4,8,10H2,(H,17,19). The lowest BCUT2D eigenvalue weighted by Crippen LogP contribution is -2.39. The second kappa shape index (κ2) is 5.79. The minimum Gasteiger partial charge on any atom is -0.334 e. The Morgan fingerprint density at radius 1 is 1.35 bits per heavy atom. The lowest BCUT2D eigenvalue weighted by molar-refractivity contribution is -0.134. The highest BCUT2D eigenvalue weighted by atomic mass is 16.2. The van der Waals surface area contributed by atoms with Crippen molar-refractivity contribution in [3.05, 3.63) is 42.2 Å². The van der Waals surface area contributed by atoms with Gasteiger partial charge in [-0.2, -0.15) is 10.1 Å². The number of nitrogens with zero attached hydrogens (tertiary/aromatic N) is 6. The number of hydrogen-bond donors (Lipinski definition) is 1.